The third-order valence-corrected chi connectivity index (χ3v) is 3.45. The maximum Gasteiger partial charge on any atom is 0.148 e. The molecule has 3 rings (SSSR count). The SMILES string of the molecule is CC.CN=Cc1cc(N)c(F)cc1N.Cc1ccc2nn(C)cc2c1O. The van der Waals surface area contributed by atoms with Gasteiger partial charge in [-0.15, -0.1) is 0 Å². The van der Waals surface area contributed by atoms with Crippen LogP contribution in [0.3, 0.4) is 0 Å². The lowest BCUT2D eigenvalue weighted by atomic mass is 10.1. The fourth-order valence-corrected chi connectivity index (χ4v) is 2.18. The van der Waals surface area contributed by atoms with Gasteiger partial charge in [0.25, 0.3) is 0 Å². The molecule has 0 aliphatic heterocycles. The standard InChI is InChI=1S/C9H10N2O.C8H10FN3.C2H6/c1-6-3-4-8-7(9(6)12)5-11(2)10-8;1-12-4-5-2-8(11)6(9)3-7(5)10;1-2/h3-5,12H,1-2H3;2-4H,10-11H2,1H3;1-2H3. The Morgan fingerprint density at radius 3 is 2.46 bits per heavy atom. The van der Waals surface area contributed by atoms with Crippen LogP contribution in [0.4, 0.5) is 15.8 Å². The first-order valence-electron chi connectivity index (χ1n) is 8.22. The van der Waals surface area contributed by atoms with Gasteiger partial charge in [0.2, 0.25) is 0 Å². The second-order valence-electron chi connectivity index (χ2n) is 5.36. The van der Waals surface area contributed by atoms with E-state index >= 15 is 0 Å². The summed E-state index contributed by atoms with van der Waals surface area (Å²) in [5, 5.41) is 14.6. The Labute approximate surface area is 153 Å². The highest BCUT2D eigenvalue weighted by molar-refractivity contribution is 5.88. The molecule has 5 N–H and O–H groups in total. The molecule has 0 spiro atoms. The van der Waals surface area contributed by atoms with Gasteiger partial charge in [-0.3, -0.25) is 9.67 Å². The molecule has 0 unspecified atom stereocenters. The molecule has 0 amide bonds. The Morgan fingerprint density at radius 2 is 1.85 bits per heavy atom. The zero-order valence-electron chi connectivity index (χ0n) is 15.8. The molecule has 0 radical (unpaired) electrons. The van der Waals surface area contributed by atoms with E-state index < -0.39 is 5.82 Å². The normalized spacial score (nSPS) is 10.2. The first kappa shape index (κ1) is 21.0. The van der Waals surface area contributed by atoms with Gasteiger partial charge in [-0.2, -0.15) is 5.10 Å². The number of nitrogen functional groups attached to an aromatic ring is 2. The Kier molecular flexibility index (Phi) is 7.58. The molecule has 0 aliphatic rings. The number of phenols is 1. The number of phenolic OH excluding ortho intramolecular Hbond substituents is 1. The number of aliphatic imine (C=N–C) groups is 1. The number of benzene rings is 2. The minimum atomic E-state index is -0.499. The molecule has 0 fully saturated rings. The van der Waals surface area contributed by atoms with Crippen LogP contribution in [0.5, 0.6) is 5.75 Å². The van der Waals surface area contributed by atoms with Crippen LogP contribution in [0.25, 0.3) is 10.9 Å². The first-order chi connectivity index (χ1) is 12.3. The summed E-state index contributed by atoms with van der Waals surface area (Å²) in [5.74, 6) is -0.165. The van der Waals surface area contributed by atoms with E-state index in [2.05, 4.69) is 10.1 Å². The van der Waals surface area contributed by atoms with Gasteiger partial charge in [0.05, 0.1) is 16.6 Å². The van der Waals surface area contributed by atoms with E-state index in [0.29, 0.717) is 17.0 Å². The molecular weight excluding hydrogens is 333 g/mol. The molecule has 7 heteroatoms. The van der Waals surface area contributed by atoms with Crippen molar-refractivity contribution in [3.63, 3.8) is 0 Å². The van der Waals surface area contributed by atoms with Crippen molar-refractivity contribution >= 4 is 28.5 Å². The number of hydrogen-bond acceptors (Lipinski definition) is 5. The lowest BCUT2D eigenvalue weighted by Crippen LogP contribution is -1.98. The zero-order chi connectivity index (χ0) is 19.9. The van der Waals surface area contributed by atoms with Crippen molar-refractivity contribution in [1.82, 2.24) is 9.78 Å². The monoisotopic (exact) mass is 359 g/mol. The number of nitrogens with two attached hydrogens (primary N) is 2. The fraction of sp³-hybridized carbons (Fsp3) is 0.263. The van der Waals surface area contributed by atoms with Gasteiger partial charge in [0.15, 0.2) is 0 Å². The van der Waals surface area contributed by atoms with Crippen molar-refractivity contribution in [2.45, 2.75) is 20.8 Å². The molecule has 0 atom stereocenters. The van der Waals surface area contributed by atoms with E-state index in [0.717, 1.165) is 16.5 Å². The maximum atomic E-state index is 12.8. The maximum absolute atomic E-state index is 12.8. The van der Waals surface area contributed by atoms with E-state index in [1.165, 1.54) is 18.3 Å². The van der Waals surface area contributed by atoms with Crippen LogP contribution in [0.15, 0.2) is 35.5 Å². The van der Waals surface area contributed by atoms with Gasteiger partial charge in [-0.25, -0.2) is 4.39 Å². The van der Waals surface area contributed by atoms with Gasteiger partial charge in [-0.1, -0.05) is 19.9 Å². The van der Waals surface area contributed by atoms with Crippen LogP contribution >= 0.6 is 0 Å². The van der Waals surface area contributed by atoms with Crippen molar-refractivity contribution < 1.29 is 9.50 Å². The van der Waals surface area contributed by atoms with Gasteiger partial charge >= 0.3 is 0 Å². The number of halogens is 1. The molecule has 140 valence electrons. The molecule has 0 saturated carbocycles. The van der Waals surface area contributed by atoms with E-state index in [4.69, 9.17) is 11.5 Å². The molecule has 26 heavy (non-hydrogen) atoms. The third kappa shape index (κ3) is 4.95. The molecule has 0 saturated heterocycles. The summed E-state index contributed by atoms with van der Waals surface area (Å²) < 4.78 is 14.4. The highest BCUT2D eigenvalue weighted by Gasteiger charge is 2.05. The Balaban J connectivity index is 0.000000238. The largest absolute Gasteiger partial charge is 0.507 e. The van der Waals surface area contributed by atoms with Crippen molar-refractivity contribution in [1.29, 1.82) is 0 Å². The number of nitrogens with zero attached hydrogens (tertiary/aromatic N) is 3. The van der Waals surface area contributed by atoms with Crippen molar-refractivity contribution in [3.05, 3.63) is 47.4 Å². The van der Waals surface area contributed by atoms with Gasteiger partial charge < -0.3 is 16.6 Å². The first-order valence-corrected chi connectivity index (χ1v) is 8.22. The van der Waals surface area contributed by atoms with Crippen LogP contribution in [0.1, 0.15) is 25.0 Å². The number of rotatable bonds is 1. The predicted octanol–water partition coefficient (Wildman–Crippen LogP) is 3.65. The average molecular weight is 359 g/mol. The van der Waals surface area contributed by atoms with Gasteiger partial charge in [-0.05, 0) is 30.7 Å². The molecule has 1 aromatic heterocycles. The average Bonchev–Trinajstić information content (AvgIpc) is 3.00. The second-order valence-corrected chi connectivity index (χ2v) is 5.36. The molecule has 0 bridgehead atoms. The van der Waals surface area contributed by atoms with Gasteiger partial charge in [0, 0.05) is 37.8 Å². The second kappa shape index (κ2) is 9.41. The van der Waals surface area contributed by atoms with E-state index in [1.807, 2.05) is 46.1 Å². The number of anilines is 2. The van der Waals surface area contributed by atoms with Gasteiger partial charge in [0.1, 0.15) is 11.6 Å². The Morgan fingerprint density at radius 1 is 1.19 bits per heavy atom. The van der Waals surface area contributed by atoms with Crippen LogP contribution < -0.4 is 11.5 Å². The van der Waals surface area contributed by atoms with Crippen LogP contribution in [0.2, 0.25) is 0 Å². The molecule has 1 heterocycles. The summed E-state index contributed by atoms with van der Waals surface area (Å²) in [5.41, 5.74) is 13.6. The smallest absolute Gasteiger partial charge is 0.148 e. The van der Waals surface area contributed by atoms with E-state index in [-0.39, 0.29) is 5.69 Å². The number of aromatic hydroxyl groups is 1. The minimum Gasteiger partial charge on any atom is -0.507 e. The summed E-state index contributed by atoms with van der Waals surface area (Å²) >= 11 is 0. The summed E-state index contributed by atoms with van der Waals surface area (Å²) in [6, 6.07) is 6.42. The minimum absolute atomic E-state index is 0.0825. The number of hydrogen-bond donors (Lipinski definition) is 3. The van der Waals surface area contributed by atoms with Crippen LogP contribution in [-0.4, -0.2) is 28.1 Å². The topological polar surface area (TPSA) is 102 Å². The Hall–Kier alpha value is -3.09. The predicted molar refractivity (Wildman–Crippen MR) is 107 cm³/mol. The highest BCUT2D eigenvalue weighted by atomic mass is 19.1. The zero-order valence-corrected chi connectivity index (χ0v) is 15.8. The quantitative estimate of drug-likeness (QED) is 0.456. The molecule has 6 nitrogen and oxygen atoms in total. The third-order valence-electron chi connectivity index (χ3n) is 3.45. The molecule has 3 aromatic rings. The molecule has 0 aliphatic carbocycles. The summed E-state index contributed by atoms with van der Waals surface area (Å²) in [6.07, 6.45) is 3.35. The lowest BCUT2D eigenvalue weighted by molar-refractivity contribution is 0.477. The highest BCUT2D eigenvalue weighted by Crippen LogP contribution is 2.26. The fourth-order valence-electron chi connectivity index (χ4n) is 2.18. The summed E-state index contributed by atoms with van der Waals surface area (Å²) in [4.78, 5) is 3.75. The van der Waals surface area contributed by atoms with Crippen LogP contribution in [0, 0.1) is 12.7 Å². The van der Waals surface area contributed by atoms with Crippen molar-refractivity contribution in [2.24, 2.45) is 12.0 Å². The lowest BCUT2D eigenvalue weighted by Gasteiger charge is -2.02. The Bertz CT molecular complexity index is 903. The molecular formula is C19H26FN5O. The van der Waals surface area contributed by atoms with Crippen molar-refractivity contribution in [3.8, 4) is 5.75 Å². The number of fused-ring (bicyclic) bond motifs is 1. The summed E-state index contributed by atoms with van der Waals surface area (Å²) in [7, 11) is 3.45. The van der Waals surface area contributed by atoms with E-state index in [9.17, 15) is 9.50 Å². The molecule has 2 aromatic carbocycles. The van der Waals surface area contributed by atoms with E-state index in [1.54, 1.807) is 11.7 Å². The van der Waals surface area contributed by atoms with Crippen molar-refractivity contribution in [2.75, 3.05) is 18.5 Å². The summed E-state index contributed by atoms with van der Waals surface area (Å²) in [6.45, 7) is 5.88. The van der Waals surface area contributed by atoms with Crippen LogP contribution in [-0.2, 0) is 7.05 Å². The number of aryl methyl sites for hydroxylation is 2. The number of aromatic nitrogens is 2.